The van der Waals surface area contributed by atoms with E-state index in [1.165, 1.54) is 32.1 Å². The molecule has 2 aliphatic carbocycles. The van der Waals surface area contributed by atoms with Crippen molar-refractivity contribution in [1.82, 2.24) is 24.8 Å². The van der Waals surface area contributed by atoms with Crippen LogP contribution in [0.4, 0.5) is 5.82 Å². The van der Waals surface area contributed by atoms with Crippen LogP contribution in [0, 0.1) is 24.2 Å². The summed E-state index contributed by atoms with van der Waals surface area (Å²) in [6, 6.07) is 2.28. The number of carbonyl (C=O) groups excluding carboxylic acids is 1. The summed E-state index contributed by atoms with van der Waals surface area (Å²) in [5, 5.41) is 8.68. The van der Waals surface area contributed by atoms with Crippen LogP contribution in [-0.4, -0.2) is 63.7 Å². The van der Waals surface area contributed by atoms with Gasteiger partial charge in [0.1, 0.15) is 5.82 Å². The first-order chi connectivity index (χ1) is 19.2. The standard InChI is InChI=1S/C32H53N7O/c1-6-8-16-38(22-27-18-28-35-29(23(3)20-39(28)36-27)37-17-13-26(33)21-37)30(40)24-12-15-32(34-5)14-9-11-25(10-7-2)31(32,4)19-24/h18,20,24-26,34H,6-17,19,21-22,33H2,1-5H3. The normalized spacial score (nSPS) is 30.6. The van der Waals surface area contributed by atoms with Gasteiger partial charge in [0, 0.05) is 55.0 Å². The average molecular weight is 552 g/mol. The molecule has 5 atom stereocenters. The van der Waals surface area contributed by atoms with Crippen LogP contribution in [0.5, 0.6) is 0 Å². The highest BCUT2D eigenvalue weighted by atomic mass is 16.2. The fraction of sp³-hybridized carbons (Fsp3) is 0.781. The van der Waals surface area contributed by atoms with Gasteiger partial charge < -0.3 is 20.9 Å². The first-order valence-corrected chi connectivity index (χ1v) is 16.1. The molecule has 0 radical (unpaired) electrons. The highest BCUT2D eigenvalue weighted by molar-refractivity contribution is 5.79. The van der Waals surface area contributed by atoms with Crippen molar-refractivity contribution in [1.29, 1.82) is 0 Å². The average Bonchev–Trinajstić information content (AvgIpc) is 3.55. The fourth-order valence-corrected chi connectivity index (χ4v) is 8.51. The third-order valence-electron chi connectivity index (χ3n) is 10.8. The van der Waals surface area contributed by atoms with Crippen molar-refractivity contribution >= 4 is 17.4 Å². The quantitative estimate of drug-likeness (QED) is 0.429. The molecule has 40 heavy (non-hydrogen) atoms. The maximum Gasteiger partial charge on any atom is 0.226 e. The third-order valence-corrected chi connectivity index (χ3v) is 10.8. The molecule has 1 saturated heterocycles. The number of anilines is 1. The SMILES string of the molecule is CCCCN(Cc1cc2nc(N3CCC(N)C3)c(C)cn2n1)C(=O)C1CCC2(NC)CCCC(CCC)C2(C)C1. The number of aryl methyl sites for hydroxylation is 1. The Labute approximate surface area is 241 Å². The highest BCUT2D eigenvalue weighted by Gasteiger charge is 2.57. The summed E-state index contributed by atoms with van der Waals surface area (Å²) in [6.07, 6.45) is 14.5. The van der Waals surface area contributed by atoms with E-state index in [1.807, 2.05) is 4.52 Å². The van der Waals surface area contributed by atoms with E-state index >= 15 is 0 Å². The van der Waals surface area contributed by atoms with Gasteiger partial charge in [0.2, 0.25) is 5.91 Å². The minimum Gasteiger partial charge on any atom is -0.355 e. The zero-order valence-corrected chi connectivity index (χ0v) is 25.7. The summed E-state index contributed by atoms with van der Waals surface area (Å²) in [4.78, 5) is 23.6. The fourth-order valence-electron chi connectivity index (χ4n) is 8.51. The largest absolute Gasteiger partial charge is 0.355 e. The molecule has 2 aromatic rings. The number of fused-ring (bicyclic) bond motifs is 2. The Morgan fingerprint density at radius 2 is 2.05 bits per heavy atom. The van der Waals surface area contributed by atoms with Crippen molar-refractivity contribution in [2.75, 3.05) is 31.6 Å². The first kappa shape index (κ1) is 29.3. The van der Waals surface area contributed by atoms with Crippen molar-refractivity contribution < 1.29 is 4.79 Å². The maximum absolute atomic E-state index is 14.2. The lowest BCUT2D eigenvalue weighted by atomic mass is 9.48. The van der Waals surface area contributed by atoms with Crippen molar-refractivity contribution in [3.8, 4) is 0 Å². The molecule has 3 N–H and O–H groups in total. The Balaban J connectivity index is 1.36. The lowest BCUT2D eigenvalue weighted by Gasteiger charge is -2.60. The lowest BCUT2D eigenvalue weighted by Crippen LogP contribution is -2.64. The van der Waals surface area contributed by atoms with Gasteiger partial charge in [-0.05, 0) is 70.3 Å². The smallest absolute Gasteiger partial charge is 0.226 e. The minimum absolute atomic E-state index is 0.0872. The van der Waals surface area contributed by atoms with Crippen LogP contribution >= 0.6 is 0 Å². The second kappa shape index (κ2) is 12.0. The Bertz CT molecular complexity index is 1180. The van der Waals surface area contributed by atoms with Gasteiger partial charge in [0.15, 0.2) is 5.65 Å². The predicted molar refractivity (Wildman–Crippen MR) is 162 cm³/mol. The molecule has 3 aliphatic rings. The molecule has 0 aromatic carbocycles. The molecule has 1 amide bonds. The first-order valence-electron chi connectivity index (χ1n) is 16.1. The van der Waals surface area contributed by atoms with Gasteiger partial charge in [-0.2, -0.15) is 5.10 Å². The van der Waals surface area contributed by atoms with Crippen LogP contribution in [0.1, 0.15) is 103 Å². The monoisotopic (exact) mass is 551 g/mol. The zero-order valence-electron chi connectivity index (χ0n) is 25.7. The molecule has 0 bridgehead atoms. The highest BCUT2D eigenvalue weighted by Crippen LogP contribution is 2.58. The predicted octanol–water partition coefficient (Wildman–Crippen LogP) is 5.07. The van der Waals surface area contributed by atoms with Crippen LogP contribution in [0.2, 0.25) is 0 Å². The van der Waals surface area contributed by atoms with Crippen molar-refractivity contribution in [2.24, 2.45) is 23.0 Å². The number of nitrogens with zero attached hydrogens (tertiary/aromatic N) is 5. The summed E-state index contributed by atoms with van der Waals surface area (Å²) in [5.41, 5.74) is 9.35. The van der Waals surface area contributed by atoms with Gasteiger partial charge in [-0.1, -0.05) is 46.5 Å². The van der Waals surface area contributed by atoms with Gasteiger partial charge in [0.05, 0.1) is 12.2 Å². The van der Waals surface area contributed by atoms with Gasteiger partial charge in [0.25, 0.3) is 0 Å². The number of nitrogens with two attached hydrogens (primary N) is 1. The second-order valence-electron chi connectivity index (χ2n) is 13.4. The van der Waals surface area contributed by atoms with E-state index < -0.39 is 0 Å². The summed E-state index contributed by atoms with van der Waals surface area (Å²) < 4.78 is 1.88. The van der Waals surface area contributed by atoms with E-state index in [9.17, 15) is 4.79 Å². The number of aromatic nitrogens is 3. The molecule has 3 fully saturated rings. The van der Waals surface area contributed by atoms with Gasteiger partial charge in [-0.25, -0.2) is 9.50 Å². The Hall–Kier alpha value is -2.19. The van der Waals surface area contributed by atoms with E-state index in [-0.39, 0.29) is 22.9 Å². The number of hydrogen-bond donors (Lipinski definition) is 2. The lowest BCUT2D eigenvalue weighted by molar-refractivity contribution is -0.144. The molecule has 5 unspecified atom stereocenters. The van der Waals surface area contributed by atoms with Crippen molar-refractivity contribution in [3.05, 3.63) is 23.5 Å². The number of carbonyl (C=O) groups is 1. The molecule has 3 heterocycles. The number of nitrogens with one attached hydrogen (secondary N) is 1. The number of unbranched alkanes of at least 4 members (excludes halogenated alkanes) is 1. The topological polar surface area (TPSA) is 91.8 Å². The molecule has 8 nitrogen and oxygen atoms in total. The molecule has 2 saturated carbocycles. The van der Waals surface area contributed by atoms with Crippen LogP contribution in [0.3, 0.4) is 0 Å². The van der Waals surface area contributed by atoms with Gasteiger partial charge >= 0.3 is 0 Å². The number of rotatable bonds is 10. The van der Waals surface area contributed by atoms with Crippen molar-refractivity contribution in [2.45, 2.75) is 116 Å². The second-order valence-corrected chi connectivity index (χ2v) is 13.4. The van der Waals surface area contributed by atoms with E-state index in [0.717, 1.165) is 80.9 Å². The van der Waals surface area contributed by atoms with Crippen LogP contribution in [0.25, 0.3) is 5.65 Å². The van der Waals surface area contributed by atoms with Gasteiger partial charge in [-0.3, -0.25) is 4.79 Å². The van der Waals surface area contributed by atoms with Crippen LogP contribution in [-0.2, 0) is 11.3 Å². The Morgan fingerprint density at radius 1 is 1.23 bits per heavy atom. The zero-order chi connectivity index (χ0) is 28.5. The summed E-state index contributed by atoms with van der Waals surface area (Å²) >= 11 is 0. The van der Waals surface area contributed by atoms with Crippen LogP contribution in [0.15, 0.2) is 12.3 Å². The maximum atomic E-state index is 14.2. The molecule has 8 heteroatoms. The van der Waals surface area contributed by atoms with E-state index in [0.29, 0.717) is 18.4 Å². The minimum atomic E-state index is 0.0872. The Morgan fingerprint density at radius 3 is 2.75 bits per heavy atom. The summed E-state index contributed by atoms with van der Waals surface area (Å²) in [7, 11) is 2.16. The van der Waals surface area contributed by atoms with E-state index in [1.54, 1.807) is 0 Å². The summed E-state index contributed by atoms with van der Waals surface area (Å²) in [6.45, 7) is 12.2. The molecule has 222 valence electrons. The van der Waals surface area contributed by atoms with Crippen molar-refractivity contribution in [3.63, 3.8) is 0 Å². The Kier molecular flexibility index (Phi) is 8.77. The van der Waals surface area contributed by atoms with Crippen LogP contribution < -0.4 is 16.0 Å². The number of amides is 1. The molecule has 0 spiro atoms. The van der Waals surface area contributed by atoms with E-state index in [2.05, 4.69) is 62.1 Å². The molecule has 2 aromatic heterocycles. The summed E-state index contributed by atoms with van der Waals surface area (Å²) in [5.74, 6) is 2.10. The molecule has 1 aliphatic heterocycles. The van der Waals surface area contributed by atoms with Gasteiger partial charge in [-0.15, -0.1) is 0 Å². The number of hydrogen-bond acceptors (Lipinski definition) is 6. The molecular formula is C32H53N7O. The molecule has 5 rings (SSSR count). The molecular weight excluding hydrogens is 498 g/mol. The van der Waals surface area contributed by atoms with E-state index in [4.69, 9.17) is 15.8 Å². The third kappa shape index (κ3) is 5.38.